The first kappa shape index (κ1) is 43.2. The summed E-state index contributed by atoms with van der Waals surface area (Å²) in [6.07, 6.45) is 13.5. The molecule has 10 aromatic rings. The summed E-state index contributed by atoms with van der Waals surface area (Å²) in [5.74, 6) is 0.602. The van der Waals surface area contributed by atoms with Gasteiger partial charge in [-0.05, 0) is 167 Å². The molecule has 4 heteroatoms. The van der Waals surface area contributed by atoms with E-state index in [0.29, 0.717) is 5.92 Å². The Morgan fingerprint density at radius 1 is 0.282 bits per heavy atom. The molecule has 0 amide bonds. The van der Waals surface area contributed by atoms with Crippen LogP contribution in [0.25, 0.3) is 21.5 Å². The second-order valence-electron chi connectivity index (χ2n) is 18.3. The lowest BCUT2D eigenvalue weighted by atomic mass is 9.78. The standard InChI is InChI=1S/C67H52N4/c1-49-66-28-16-15-19-52(66)31-46-67(49)71(57-26-9-4-10-27-57)63-44-42-60(43-45-63)68(58-34-38-61(39-35-58)69(55-22-5-2-6-23-55)64-32-29-50-17-11-13-20-53(50)47-64)59-36-40-62(41-37-59)70(56-24-7-3-8-25-56)65-33-30-51-18-12-14-21-54(51)48-65/h2-49,66H,1H3/t49?,66-/m1/s1. The minimum atomic E-state index is 0.278. The maximum atomic E-state index is 2.43. The van der Waals surface area contributed by atoms with Crippen LogP contribution in [0.15, 0.2) is 296 Å². The number of hydrogen-bond acceptors (Lipinski definition) is 4. The van der Waals surface area contributed by atoms with Crippen LogP contribution < -0.4 is 19.6 Å². The van der Waals surface area contributed by atoms with E-state index >= 15 is 0 Å². The normalized spacial score (nSPS) is 14.9. The quantitative estimate of drug-likeness (QED) is 0.121. The van der Waals surface area contributed by atoms with Crippen molar-refractivity contribution in [2.75, 3.05) is 19.6 Å². The molecule has 0 spiro atoms. The van der Waals surface area contributed by atoms with Crippen LogP contribution in [0.5, 0.6) is 0 Å². The van der Waals surface area contributed by atoms with E-state index in [1.54, 1.807) is 0 Å². The average Bonchev–Trinajstić information content (AvgIpc) is 3.44. The van der Waals surface area contributed by atoms with Gasteiger partial charge in [0, 0.05) is 80.1 Å². The highest BCUT2D eigenvalue weighted by Gasteiger charge is 2.30. The molecule has 2 aliphatic carbocycles. The third kappa shape index (κ3) is 8.58. The highest BCUT2D eigenvalue weighted by Crippen LogP contribution is 2.45. The van der Waals surface area contributed by atoms with E-state index < -0.39 is 0 Å². The smallest absolute Gasteiger partial charge is 0.0468 e. The van der Waals surface area contributed by atoms with Crippen molar-refractivity contribution >= 4 is 84.1 Å². The lowest BCUT2D eigenvalue weighted by molar-refractivity contribution is 0.542. The molecule has 0 aromatic heterocycles. The topological polar surface area (TPSA) is 13.0 Å². The molecule has 0 saturated heterocycles. The third-order valence-corrected chi connectivity index (χ3v) is 13.9. The second-order valence-corrected chi connectivity index (χ2v) is 18.3. The maximum Gasteiger partial charge on any atom is 0.0468 e. The minimum absolute atomic E-state index is 0.278. The van der Waals surface area contributed by atoms with Crippen LogP contribution in [0.4, 0.5) is 62.6 Å². The van der Waals surface area contributed by atoms with Crippen LogP contribution in [0.3, 0.4) is 0 Å². The summed E-state index contributed by atoms with van der Waals surface area (Å²) in [6, 6.07) is 89.6. The van der Waals surface area contributed by atoms with Crippen LogP contribution in [0.1, 0.15) is 6.92 Å². The SMILES string of the molecule is CC1C(N(c2ccccc2)c2ccc(N(c3ccc(N(c4ccccc4)c4ccc5ccccc5c4)cc3)c3ccc(N(c4ccccc4)c4ccc5ccccc5c4)cc3)cc2)=CC=C2C=CC=C[C@@H]21. The van der Waals surface area contributed by atoms with Gasteiger partial charge in [0.25, 0.3) is 0 Å². The zero-order chi connectivity index (χ0) is 47.5. The monoisotopic (exact) mass is 912 g/mol. The molecule has 71 heavy (non-hydrogen) atoms. The van der Waals surface area contributed by atoms with Crippen molar-refractivity contribution in [1.29, 1.82) is 0 Å². The van der Waals surface area contributed by atoms with Gasteiger partial charge in [0.1, 0.15) is 0 Å². The zero-order valence-electron chi connectivity index (χ0n) is 39.6. The van der Waals surface area contributed by atoms with Crippen molar-refractivity contribution < 1.29 is 0 Å². The van der Waals surface area contributed by atoms with Crippen molar-refractivity contribution in [3.05, 3.63) is 296 Å². The molecular formula is C67H52N4. The minimum Gasteiger partial charge on any atom is -0.314 e. The molecule has 1 unspecified atom stereocenters. The Morgan fingerprint density at radius 3 is 1.03 bits per heavy atom. The molecule has 0 bridgehead atoms. The summed E-state index contributed by atoms with van der Waals surface area (Å²) >= 11 is 0. The van der Waals surface area contributed by atoms with Crippen molar-refractivity contribution in [1.82, 2.24) is 0 Å². The molecule has 340 valence electrons. The number of fused-ring (bicyclic) bond motifs is 3. The van der Waals surface area contributed by atoms with Gasteiger partial charge >= 0.3 is 0 Å². The van der Waals surface area contributed by atoms with Gasteiger partial charge in [-0.3, -0.25) is 0 Å². The van der Waals surface area contributed by atoms with Gasteiger partial charge in [-0.25, -0.2) is 0 Å². The van der Waals surface area contributed by atoms with E-state index in [9.17, 15) is 0 Å². The van der Waals surface area contributed by atoms with Gasteiger partial charge < -0.3 is 19.6 Å². The van der Waals surface area contributed by atoms with Crippen LogP contribution in [-0.4, -0.2) is 0 Å². The van der Waals surface area contributed by atoms with Crippen LogP contribution in [0, 0.1) is 11.8 Å². The summed E-state index contributed by atoms with van der Waals surface area (Å²) in [5.41, 5.74) is 14.6. The first-order chi connectivity index (χ1) is 35.1. The molecule has 0 radical (unpaired) electrons. The molecule has 4 nitrogen and oxygen atoms in total. The number of rotatable bonds is 12. The molecule has 0 aliphatic heterocycles. The van der Waals surface area contributed by atoms with Gasteiger partial charge in [0.2, 0.25) is 0 Å². The lowest BCUT2D eigenvalue weighted by Gasteiger charge is -2.37. The molecule has 2 atom stereocenters. The average molecular weight is 913 g/mol. The van der Waals surface area contributed by atoms with Gasteiger partial charge in [0.05, 0.1) is 0 Å². The number of para-hydroxylation sites is 3. The Kier molecular flexibility index (Phi) is 11.6. The van der Waals surface area contributed by atoms with E-state index in [0.717, 1.165) is 62.6 Å². The number of benzene rings is 10. The van der Waals surface area contributed by atoms with E-state index in [4.69, 9.17) is 0 Å². The molecule has 10 aromatic carbocycles. The summed E-state index contributed by atoms with van der Waals surface area (Å²) in [7, 11) is 0. The van der Waals surface area contributed by atoms with Gasteiger partial charge in [0.15, 0.2) is 0 Å². The van der Waals surface area contributed by atoms with Crippen LogP contribution >= 0.6 is 0 Å². The Hall–Kier alpha value is -9.12. The Labute approximate surface area is 416 Å². The van der Waals surface area contributed by atoms with Crippen molar-refractivity contribution in [2.24, 2.45) is 11.8 Å². The fourth-order valence-electron chi connectivity index (χ4n) is 10.4. The van der Waals surface area contributed by atoms with Gasteiger partial charge in [-0.1, -0.05) is 153 Å². The molecular weight excluding hydrogens is 861 g/mol. The predicted octanol–water partition coefficient (Wildman–Crippen LogP) is 18.7. The van der Waals surface area contributed by atoms with E-state index in [1.165, 1.54) is 32.8 Å². The van der Waals surface area contributed by atoms with E-state index in [1.807, 2.05) is 0 Å². The van der Waals surface area contributed by atoms with Crippen molar-refractivity contribution in [3.63, 3.8) is 0 Å². The fraction of sp³-hybridized carbons (Fsp3) is 0.0448. The van der Waals surface area contributed by atoms with Gasteiger partial charge in [-0.2, -0.15) is 0 Å². The van der Waals surface area contributed by atoms with Crippen LogP contribution in [-0.2, 0) is 0 Å². The summed E-state index contributed by atoms with van der Waals surface area (Å²) < 4.78 is 0. The number of anilines is 11. The number of hydrogen-bond donors (Lipinski definition) is 0. The summed E-state index contributed by atoms with van der Waals surface area (Å²) in [6.45, 7) is 2.35. The van der Waals surface area contributed by atoms with Crippen molar-refractivity contribution in [2.45, 2.75) is 6.92 Å². The Balaban J connectivity index is 0.957. The second kappa shape index (κ2) is 19.1. The van der Waals surface area contributed by atoms with Crippen molar-refractivity contribution in [3.8, 4) is 0 Å². The summed E-state index contributed by atoms with van der Waals surface area (Å²) in [5, 5.41) is 4.85. The molecule has 0 fully saturated rings. The maximum absolute atomic E-state index is 2.43. The third-order valence-electron chi connectivity index (χ3n) is 13.9. The summed E-state index contributed by atoms with van der Waals surface area (Å²) in [4.78, 5) is 9.47. The fourth-order valence-corrected chi connectivity index (χ4v) is 10.4. The molecule has 0 saturated carbocycles. The first-order valence-electron chi connectivity index (χ1n) is 24.5. The largest absolute Gasteiger partial charge is 0.314 e. The Morgan fingerprint density at radius 2 is 0.606 bits per heavy atom. The zero-order valence-corrected chi connectivity index (χ0v) is 39.6. The first-order valence-corrected chi connectivity index (χ1v) is 24.5. The van der Waals surface area contributed by atoms with E-state index in [2.05, 4.69) is 312 Å². The highest BCUT2D eigenvalue weighted by molar-refractivity contribution is 5.91. The molecule has 0 N–H and O–H groups in total. The molecule has 2 aliphatic rings. The molecule has 12 rings (SSSR count). The molecule has 0 heterocycles. The Bertz CT molecular complexity index is 3430. The highest BCUT2D eigenvalue weighted by atomic mass is 15.2. The number of allylic oxidation sites excluding steroid dienone is 8. The predicted molar refractivity (Wildman–Crippen MR) is 301 cm³/mol. The van der Waals surface area contributed by atoms with Gasteiger partial charge in [-0.15, -0.1) is 0 Å². The van der Waals surface area contributed by atoms with E-state index in [-0.39, 0.29) is 5.92 Å². The number of nitrogens with zero attached hydrogens (tertiary/aromatic N) is 4. The lowest BCUT2D eigenvalue weighted by Crippen LogP contribution is -2.28. The van der Waals surface area contributed by atoms with Crippen LogP contribution in [0.2, 0.25) is 0 Å².